The smallest absolute Gasteiger partial charge is 0.191 e. The molecule has 0 aliphatic rings. The third kappa shape index (κ3) is 6.84. The molecule has 0 saturated heterocycles. The van der Waals surface area contributed by atoms with Crippen LogP contribution < -0.4 is 15.4 Å². The first kappa shape index (κ1) is 21.7. The van der Waals surface area contributed by atoms with Crippen LogP contribution in [0.2, 0.25) is 0 Å². The van der Waals surface area contributed by atoms with Crippen LogP contribution in [0.5, 0.6) is 5.75 Å². The fourth-order valence-electron chi connectivity index (χ4n) is 2.70. The normalized spacial score (nSPS) is 12.9. The molecule has 0 bridgehead atoms. The van der Waals surface area contributed by atoms with E-state index in [2.05, 4.69) is 32.7 Å². The van der Waals surface area contributed by atoms with Crippen molar-refractivity contribution in [1.29, 1.82) is 0 Å². The Morgan fingerprint density at radius 3 is 2.61 bits per heavy atom. The van der Waals surface area contributed by atoms with Crippen molar-refractivity contribution in [2.24, 2.45) is 4.99 Å². The summed E-state index contributed by atoms with van der Waals surface area (Å²) >= 11 is 0. The molecule has 1 unspecified atom stereocenters. The Balaban J connectivity index is 1.88. The van der Waals surface area contributed by atoms with E-state index in [1.54, 1.807) is 6.33 Å². The zero-order valence-electron chi connectivity index (χ0n) is 17.2. The van der Waals surface area contributed by atoms with Crippen LogP contribution in [-0.2, 0) is 13.0 Å². The average molecular weight is 389 g/mol. The molecule has 0 aliphatic heterocycles. The van der Waals surface area contributed by atoms with E-state index >= 15 is 0 Å². The van der Waals surface area contributed by atoms with Gasteiger partial charge in [-0.05, 0) is 38.5 Å². The molecular formula is C20H32N6O2. The minimum atomic E-state index is -0.673. The van der Waals surface area contributed by atoms with Crippen molar-refractivity contribution in [1.82, 2.24) is 25.4 Å². The second-order valence-electron chi connectivity index (χ2n) is 6.69. The summed E-state index contributed by atoms with van der Waals surface area (Å²) < 4.78 is 7.65. The zero-order valence-corrected chi connectivity index (χ0v) is 17.2. The number of aliphatic hydroxyl groups excluding tert-OH is 1. The maximum Gasteiger partial charge on any atom is 0.191 e. The van der Waals surface area contributed by atoms with Crippen LogP contribution in [0.1, 0.15) is 45.2 Å². The summed E-state index contributed by atoms with van der Waals surface area (Å²) in [6.07, 6.45) is 2.04. The number of aryl methyl sites for hydroxylation is 1. The van der Waals surface area contributed by atoms with E-state index in [0.717, 1.165) is 36.6 Å². The Labute approximate surface area is 167 Å². The fourth-order valence-corrected chi connectivity index (χ4v) is 2.70. The van der Waals surface area contributed by atoms with Crippen LogP contribution in [0.25, 0.3) is 0 Å². The molecule has 8 nitrogen and oxygen atoms in total. The van der Waals surface area contributed by atoms with Crippen LogP contribution in [0.4, 0.5) is 0 Å². The highest BCUT2D eigenvalue weighted by Crippen LogP contribution is 2.19. The monoisotopic (exact) mass is 388 g/mol. The Bertz CT molecular complexity index is 727. The average Bonchev–Trinajstić information content (AvgIpc) is 3.13. The van der Waals surface area contributed by atoms with Gasteiger partial charge in [-0.2, -0.15) is 0 Å². The molecule has 1 aromatic carbocycles. The number of hydrogen-bond donors (Lipinski definition) is 3. The van der Waals surface area contributed by atoms with Gasteiger partial charge in [0.15, 0.2) is 5.96 Å². The van der Waals surface area contributed by atoms with Gasteiger partial charge in [0, 0.05) is 26.1 Å². The van der Waals surface area contributed by atoms with Crippen LogP contribution >= 0.6 is 0 Å². The Hall–Kier alpha value is -2.61. The largest absolute Gasteiger partial charge is 0.491 e. The molecule has 28 heavy (non-hydrogen) atoms. The van der Waals surface area contributed by atoms with E-state index in [-0.39, 0.29) is 12.6 Å². The van der Waals surface area contributed by atoms with E-state index in [1.807, 2.05) is 49.6 Å². The maximum atomic E-state index is 10.4. The number of rotatable bonds is 10. The van der Waals surface area contributed by atoms with Crippen LogP contribution in [-0.4, -0.2) is 51.6 Å². The maximum absolute atomic E-state index is 10.4. The summed E-state index contributed by atoms with van der Waals surface area (Å²) in [6.45, 7) is 10.5. The van der Waals surface area contributed by atoms with Gasteiger partial charge in [-0.3, -0.25) is 4.99 Å². The van der Waals surface area contributed by atoms with Gasteiger partial charge in [0.1, 0.15) is 17.9 Å². The number of aliphatic imine (C=N–C) groups is 1. The molecule has 0 aliphatic carbocycles. The Morgan fingerprint density at radius 1 is 1.21 bits per heavy atom. The number of nitrogens with zero attached hydrogens (tertiary/aromatic N) is 4. The van der Waals surface area contributed by atoms with Crippen molar-refractivity contribution in [3.63, 3.8) is 0 Å². The molecule has 1 aromatic heterocycles. The van der Waals surface area contributed by atoms with Crippen molar-refractivity contribution in [2.45, 2.75) is 52.9 Å². The minimum absolute atomic E-state index is 0.126. The summed E-state index contributed by atoms with van der Waals surface area (Å²) in [5.41, 5.74) is 0.813. The van der Waals surface area contributed by atoms with Crippen LogP contribution in [0.3, 0.4) is 0 Å². The van der Waals surface area contributed by atoms with Crippen molar-refractivity contribution >= 4 is 5.96 Å². The Kier molecular flexibility index (Phi) is 8.74. The second-order valence-corrected chi connectivity index (χ2v) is 6.69. The number of aromatic nitrogens is 3. The molecule has 0 amide bonds. The third-order valence-electron chi connectivity index (χ3n) is 4.06. The van der Waals surface area contributed by atoms with Gasteiger partial charge in [0.05, 0.1) is 18.8 Å². The first-order valence-electron chi connectivity index (χ1n) is 9.87. The summed E-state index contributed by atoms with van der Waals surface area (Å²) in [5, 5.41) is 24.9. The number of ether oxygens (including phenoxy) is 1. The molecule has 2 aromatic rings. The highest BCUT2D eigenvalue weighted by molar-refractivity contribution is 5.79. The van der Waals surface area contributed by atoms with Crippen molar-refractivity contribution in [2.75, 3.05) is 19.6 Å². The number of aliphatic hydroxyl groups is 1. The molecule has 2 rings (SSSR count). The molecule has 1 atom stereocenters. The SMILES string of the molecule is CCNC(=NCC(O)c1ccc(OC(C)C)cc1)NCCn1cnnc1CC. The fraction of sp³-hybridized carbons (Fsp3) is 0.550. The van der Waals surface area contributed by atoms with Gasteiger partial charge in [-0.1, -0.05) is 19.1 Å². The summed E-state index contributed by atoms with van der Waals surface area (Å²) in [4.78, 5) is 4.49. The van der Waals surface area contributed by atoms with Crippen molar-refractivity contribution in [3.8, 4) is 5.75 Å². The van der Waals surface area contributed by atoms with E-state index in [4.69, 9.17) is 4.74 Å². The standard InChI is InChI=1S/C20H32N6O2/c1-5-19-25-24-14-26(19)12-11-22-20(21-6-2)23-13-18(27)16-7-9-17(10-8-16)28-15(3)4/h7-10,14-15,18,27H,5-6,11-13H2,1-4H3,(H2,21,22,23). The van der Waals surface area contributed by atoms with Crippen LogP contribution in [0, 0.1) is 0 Å². The summed E-state index contributed by atoms with van der Waals surface area (Å²) in [5.74, 6) is 2.43. The predicted molar refractivity (Wildman–Crippen MR) is 111 cm³/mol. The van der Waals surface area contributed by atoms with E-state index < -0.39 is 6.10 Å². The topological polar surface area (TPSA) is 96.6 Å². The lowest BCUT2D eigenvalue weighted by atomic mass is 10.1. The predicted octanol–water partition coefficient (Wildman–Crippen LogP) is 1.92. The number of guanidine groups is 1. The van der Waals surface area contributed by atoms with E-state index in [0.29, 0.717) is 12.5 Å². The molecule has 0 saturated carbocycles. The third-order valence-corrected chi connectivity index (χ3v) is 4.06. The highest BCUT2D eigenvalue weighted by atomic mass is 16.5. The zero-order chi connectivity index (χ0) is 20.4. The molecule has 8 heteroatoms. The molecule has 1 heterocycles. The highest BCUT2D eigenvalue weighted by Gasteiger charge is 2.09. The van der Waals surface area contributed by atoms with E-state index in [9.17, 15) is 5.11 Å². The van der Waals surface area contributed by atoms with Gasteiger partial charge in [0.25, 0.3) is 0 Å². The molecule has 0 fully saturated rings. The van der Waals surface area contributed by atoms with Gasteiger partial charge in [-0.25, -0.2) is 0 Å². The van der Waals surface area contributed by atoms with Gasteiger partial charge in [0.2, 0.25) is 0 Å². The van der Waals surface area contributed by atoms with Crippen molar-refractivity contribution < 1.29 is 9.84 Å². The molecular weight excluding hydrogens is 356 g/mol. The quantitative estimate of drug-likeness (QED) is 0.425. The lowest BCUT2D eigenvalue weighted by Crippen LogP contribution is -2.39. The molecule has 0 radical (unpaired) electrons. The molecule has 3 N–H and O–H groups in total. The van der Waals surface area contributed by atoms with Gasteiger partial charge < -0.3 is 25.0 Å². The lowest BCUT2D eigenvalue weighted by Gasteiger charge is -2.15. The van der Waals surface area contributed by atoms with Gasteiger partial charge >= 0.3 is 0 Å². The minimum Gasteiger partial charge on any atom is -0.491 e. The van der Waals surface area contributed by atoms with Crippen LogP contribution in [0.15, 0.2) is 35.6 Å². The number of benzene rings is 1. The lowest BCUT2D eigenvalue weighted by molar-refractivity contribution is 0.186. The molecule has 154 valence electrons. The first-order valence-corrected chi connectivity index (χ1v) is 9.87. The Morgan fingerprint density at radius 2 is 1.96 bits per heavy atom. The number of hydrogen-bond acceptors (Lipinski definition) is 5. The molecule has 0 spiro atoms. The summed E-state index contributed by atoms with van der Waals surface area (Å²) in [7, 11) is 0. The first-order chi connectivity index (χ1) is 13.5. The second kappa shape index (κ2) is 11.3. The van der Waals surface area contributed by atoms with Gasteiger partial charge in [-0.15, -0.1) is 10.2 Å². The summed E-state index contributed by atoms with van der Waals surface area (Å²) in [6, 6.07) is 7.49. The van der Waals surface area contributed by atoms with Crippen molar-refractivity contribution in [3.05, 3.63) is 42.0 Å². The number of nitrogens with one attached hydrogen (secondary N) is 2. The van der Waals surface area contributed by atoms with E-state index in [1.165, 1.54) is 0 Å².